The smallest absolute Gasteiger partial charge is 0.227 e. The number of fused-ring (bicyclic) bond motifs is 1. The number of phenols is 1. The van der Waals surface area contributed by atoms with Gasteiger partial charge in [-0.2, -0.15) is 0 Å². The van der Waals surface area contributed by atoms with Crippen molar-refractivity contribution in [2.45, 2.75) is 39.1 Å². The van der Waals surface area contributed by atoms with E-state index in [1.807, 2.05) is 24.3 Å². The molecule has 1 aliphatic heterocycles. The van der Waals surface area contributed by atoms with Gasteiger partial charge in [0, 0.05) is 25.8 Å². The molecule has 27 heavy (non-hydrogen) atoms. The van der Waals surface area contributed by atoms with Crippen molar-refractivity contribution in [1.82, 2.24) is 19.7 Å². The average molecular weight is 363 g/mol. The summed E-state index contributed by atoms with van der Waals surface area (Å²) in [6, 6.07) is 9.30. The summed E-state index contributed by atoms with van der Waals surface area (Å²) in [5.74, 6) is 3.44. The Hall–Kier alpha value is -3.09. The predicted molar refractivity (Wildman–Crippen MR) is 99.3 cm³/mol. The maximum atomic E-state index is 9.74. The van der Waals surface area contributed by atoms with Crippen LogP contribution in [0.1, 0.15) is 29.8 Å². The van der Waals surface area contributed by atoms with Crippen molar-refractivity contribution in [1.29, 1.82) is 0 Å². The monoisotopic (exact) mass is 363 g/mol. The van der Waals surface area contributed by atoms with E-state index in [9.17, 15) is 5.11 Å². The largest absolute Gasteiger partial charge is 0.508 e. The van der Waals surface area contributed by atoms with Crippen molar-refractivity contribution < 1.29 is 9.84 Å². The van der Waals surface area contributed by atoms with Gasteiger partial charge < -0.3 is 14.7 Å². The van der Waals surface area contributed by atoms with E-state index in [0.717, 1.165) is 42.7 Å². The third kappa shape index (κ3) is 3.32. The van der Waals surface area contributed by atoms with Crippen molar-refractivity contribution in [3.8, 4) is 11.5 Å². The number of rotatable bonds is 6. The van der Waals surface area contributed by atoms with E-state index in [0.29, 0.717) is 18.3 Å². The van der Waals surface area contributed by atoms with Gasteiger partial charge in [0.05, 0.1) is 6.20 Å². The lowest BCUT2D eigenvalue weighted by atomic mass is 10.1. The Bertz CT molecular complexity index is 952. The molecule has 2 aromatic heterocycles. The van der Waals surface area contributed by atoms with E-state index in [1.165, 1.54) is 18.4 Å². The summed E-state index contributed by atoms with van der Waals surface area (Å²) in [6.45, 7) is 2.80. The summed E-state index contributed by atoms with van der Waals surface area (Å²) in [7, 11) is 0. The van der Waals surface area contributed by atoms with E-state index in [1.54, 1.807) is 18.5 Å². The van der Waals surface area contributed by atoms with Gasteiger partial charge in [-0.25, -0.2) is 0 Å². The van der Waals surface area contributed by atoms with Gasteiger partial charge >= 0.3 is 0 Å². The zero-order valence-electron chi connectivity index (χ0n) is 15.0. The second-order valence-electron chi connectivity index (χ2n) is 7.26. The Kier molecular flexibility index (Phi) is 3.92. The number of pyridine rings is 1. The molecule has 1 fully saturated rings. The molecule has 3 aromatic rings. The van der Waals surface area contributed by atoms with Crippen molar-refractivity contribution >= 4 is 5.95 Å². The molecule has 0 radical (unpaired) electrons. The minimum atomic E-state index is 0.306. The molecule has 1 N–H and O–H groups in total. The SMILES string of the molecule is Oc1ccc2c(c1)CN(c1nnc(COc3cccnc3)n1CC1CC1)C2. The molecule has 0 saturated heterocycles. The average Bonchev–Trinajstić information content (AvgIpc) is 3.27. The van der Waals surface area contributed by atoms with E-state index in [2.05, 4.69) is 24.6 Å². The molecular weight excluding hydrogens is 342 g/mol. The van der Waals surface area contributed by atoms with Gasteiger partial charge in [0.25, 0.3) is 0 Å². The van der Waals surface area contributed by atoms with Gasteiger partial charge in [0.2, 0.25) is 5.95 Å². The van der Waals surface area contributed by atoms with Crippen LogP contribution in [-0.2, 0) is 26.2 Å². The third-order valence-electron chi connectivity index (χ3n) is 5.14. The van der Waals surface area contributed by atoms with Crippen LogP contribution in [0.25, 0.3) is 0 Å². The van der Waals surface area contributed by atoms with Gasteiger partial charge in [-0.15, -0.1) is 10.2 Å². The lowest BCUT2D eigenvalue weighted by molar-refractivity contribution is 0.287. The van der Waals surface area contributed by atoms with Crippen molar-refractivity contribution in [2.75, 3.05) is 4.90 Å². The van der Waals surface area contributed by atoms with Crippen molar-refractivity contribution in [3.63, 3.8) is 0 Å². The fourth-order valence-corrected chi connectivity index (χ4v) is 3.51. The summed E-state index contributed by atoms with van der Waals surface area (Å²) in [5.41, 5.74) is 2.37. The third-order valence-corrected chi connectivity index (χ3v) is 5.14. The number of phenolic OH excluding ortho intramolecular Hbond substituents is 1. The fourth-order valence-electron chi connectivity index (χ4n) is 3.51. The fraction of sp³-hybridized carbons (Fsp3) is 0.350. The van der Waals surface area contributed by atoms with Crippen LogP contribution in [0.5, 0.6) is 11.5 Å². The molecular formula is C20H21N5O2. The second kappa shape index (κ2) is 6.57. The molecule has 0 atom stereocenters. The number of ether oxygens (including phenoxy) is 1. The first kappa shape index (κ1) is 16.1. The Morgan fingerprint density at radius 3 is 2.81 bits per heavy atom. The van der Waals surface area contributed by atoms with Crippen molar-refractivity contribution in [3.05, 3.63) is 59.7 Å². The molecule has 7 nitrogen and oxygen atoms in total. The number of aromatic hydroxyl groups is 1. The zero-order chi connectivity index (χ0) is 18.2. The number of hydrogen-bond donors (Lipinski definition) is 1. The first-order valence-electron chi connectivity index (χ1n) is 9.27. The summed E-state index contributed by atoms with van der Waals surface area (Å²) in [6.07, 6.45) is 5.94. The van der Waals surface area contributed by atoms with E-state index in [-0.39, 0.29) is 0 Å². The number of nitrogens with zero attached hydrogens (tertiary/aromatic N) is 5. The highest BCUT2D eigenvalue weighted by atomic mass is 16.5. The molecule has 5 rings (SSSR count). The van der Waals surface area contributed by atoms with Gasteiger partial charge in [0.15, 0.2) is 5.82 Å². The Morgan fingerprint density at radius 1 is 1.11 bits per heavy atom. The standard InChI is InChI=1S/C20H21N5O2/c26-17-6-5-15-11-24(12-16(15)8-17)20-23-22-19(25(20)10-14-3-4-14)13-27-18-2-1-7-21-9-18/h1-2,5-9,14,26H,3-4,10-13H2. The van der Waals surface area contributed by atoms with Crippen LogP contribution >= 0.6 is 0 Å². The minimum Gasteiger partial charge on any atom is -0.508 e. The van der Waals surface area contributed by atoms with Gasteiger partial charge in [-0.1, -0.05) is 6.07 Å². The van der Waals surface area contributed by atoms with Gasteiger partial charge in [0.1, 0.15) is 18.1 Å². The highest BCUT2D eigenvalue weighted by Crippen LogP contribution is 2.35. The number of benzene rings is 1. The Labute approximate surface area is 157 Å². The molecule has 0 spiro atoms. The molecule has 0 unspecified atom stereocenters. The lowest BCUT2D eigenvalue weighted by Gasteiger charge is -2.18. The summed E-state index contributed by atoms with van der Waals surface area (Å²) in [4.78, 5) is 6.29. The van der Waals surface area contributed by atoms with Gasteiger partial charge in [-0.05, 0) is 54.2 Å². The zero-order valence-corrected chi connectivity index (χ0v) is 15.0. The molecule has 7 heteroatoms. The molecule has 0 amide bonds. The molecule has 2 aliphatic rings. The van der Waals surface area contributed by atoms with E-state index < -0.39 is 0 Å². The highest BCUT2D eigenvalue weighted by molar-refractivity contribution is 5.46. The molecule has 1 aromatic carbocycles. The van der Waals surface area contributed by atoms with E-state index in [4.69, 9.17) is 4.74 Å². The lowest BCUT2D eigenvalue weighted by Crippen LogP contribution is -2.21. The Balaban J connectivity index is 1.38. The van der Waals surface area contributed by atoms with Crippen LogP contribution in [0.3, 0.4) is 0 Å². The second-order valence-corrected chi connectivity index (χ2v) is 7.26. The quantitative estimate of drug-likeness (QED) is 0.726. The Morgan fingerprint density at radius 2 is 2.00 bits per heavy atom. The number of aromatic nitrogens is 4. The topological polar surface area (TPSA) is 76.3 Å². The maximum Gasteiger partial charge on any atom is 0.227 e. The summed E-state index contributed by atoms with van der Waals surface area (Å²) < 4.78 is 8.05. The van der Waals surface area contributed by atoms with Crippen LogP contribution in [-0.4, -0.2) is 24.9 Å². The number of hydrogen-bond acceptors (Lipinski definition) is 6. The summed E-state index contributed by atoms with van der Waals surface area (Å²) >= 11 is 0. The van der Waals surface area contributed by atoms with Crippen LogP contribution in [0.2, 0.25) is 0 Å². The van der Waals surface area contributed by atoms with Crippen molar-refractivity contribution in [2.24, 2.45) is 5.92 Å². The molecule has 138 valence electrons. The maximum absolute atomic E-state index is 9.74. The van der Waals surface area contributed by atoms with Crippen LogP contribution < -0.4 is 9.64 Å². The minimum absolute atomic E-state index is 0.306. The molecule has 1 saturated carbocycles. The number of anilines is 1. The van der Waals surface area contributed by atoms with Gasteiger partial charge in [-0.3, -0.25) is 9.55 Å². The van der Waals surface area contributed by atoms with Crippen LogP contribution in [0.15, 0.2) is 42.7 Å². The molecule has 3 heterocycles. The first-order valence-corrected chi connectivity index (χ1v) is 9.27. The summed E-state index contributed by atoms with van der Waals surface area (Å²) in [5, 5.41) is 18.6. The predicted octanol–water partition coefficient (Wildman–Crippen LogP) is 2.89. The van der Waals surface area contributed by atoms with Crippen LogP contribution in [0, 0.1) is 5.92 Å². The normalized spacial score (nSPS) is 15.8. The first-order chi connectivity index (χ1) is 13.3. The molecule has 0 bridgehead atoms. The molecule has 1 aliphatic carbocycles. The van der Waals surface area contributed by atoms with E-state index >= 15 is 0 Å². The highest BCUT2D eigenvalue weighted by Gasteiger charge is 2.29. The van der Waals surface area contributed by atoms with Crippen LogP contribution in [0.4, 0.5) is 5.95 Å².